The van der Waals surface area contributed by atoms with Crippen LogP contribution in [-0.2, 0) is 14.9 Å². The zero-order valence-electron chi connectivity index (χ0n) is 27.5. The standard InChI is InChI=1S/C36H36N2O8S/c1-19-16-35(2,3)37(6)28-14-30-26(12-23(19)28)32(22-10-9-20(34(41)45-8)11-25(22)33(39)40)27-13-24-21(18-47(42,43)44)17-36(4,5)38(7)29(24)15-31(27)46-30/h9-17H,18H2,1-8H3,(H-,39,40,42,43,44). The molecule has 11 heteroatoms. The maximum absolute atomic E-state index is 12.7. The number of carboxylic acid groups (broad SMARTS) is 1. The first-order valence-corrected chi connectivity index (χ1v) is 16.6. The van der Waals surface area contributed by atoms with Crippen molar-refractivity contribution >= 4 is 44.5 Å². The number of aromatic carboxylic acids is 1. The monoisotopic (exact) mass is 656 g/mol. The lowest BCUT2D eigenvalue weighted by Crippen LogP contribution is -2.47. The normalized spacial score (nSPS) is 17.3. The average molecular weight is 657 g/mol. The summed E-state index contributed by atoms with van der Waals surface area (Å²) in [4.78, 5) is 27.2. The molecule has 0 fully saturated rings. The lowest BCUT2D eigenvalue weighted by molar-refractivity contribution is -0.255. The predicted molar refractivity (Wildman–Crippen MR) is 178 cm³/mol. The van der Waals surface area contributed by atoms with Gasteiger partial charge in [-0.15, -0.1) is 0 Å². The summed E-state index contributed by atoms with van der Waals surface area (Å²) >= 11 is 0. The van der Waals surface area contributed by atoms with Crippen LogP contribution in [0.5, 0.6) is 11.5 Å². The topological polar surface area (TPSA) is 136 Å². The molecule has 0 spiro atoms. The van der Waals surface area contributed by atoms with Crippen molar-refractivity contribution in [2.24, 2.45) is 0 Å². The number of carbonyl (C=O) groups is 2. The number of benzene rings is 3. The van der Waals surface area contributed by atoms with E-state index < -0.39 is 33.3 Å². The second-order valence-electron chi connectivity index (χ2n) is 13.4. The predicted octanol–water partition coefficient (Wildman–Crippen LogP) is 3.01. The van der Waals surface area contributed by atoms with Gasteiger partial charge in [-0.3, -0.25) is 4.55 Å². The van der Waals surface area contributed by atoms with Gasteiger partial charge >= 0.3 is 5.97 Å². The van der Waals surface area contributed by atoms with Crippen LogP contribution >= 0.6 is 0 Å². The van der Waals surface area contributed by atoms with Gasteiger partial charge in [0.2, 0.25) is 5.36 Å². The first kappa shape index (κ1) is 32.2. The van der Waals surface area contributed by atoms with Gasteiger partial charge < -0.3 is 24.3 Å². The maximum atomic E-state index is 12.7. The minimum Gasteiger partial charge on any atom is -0.545 e. The third-order valence-corrected chi connectivity index (χ3v) is 10.2. The fraction of sp³-hybridized carbons (Fsp3) is 0.306. The highest BCUT2D eigenvalue weighted by atomic mass is 32.2. The quantitative estimate of drug-likeness (QED) is 0.195. The molecule has 0 bridgehead atoms. The van der Waals surface area contributed by atoms with E-state index in [4.69, 9.17) is 9.47 Å². The van der Waals surface area contributed by atoms with E-state index in [9.17, 15) is 27.7 Å². The van der Waals surface area contributed by atoms with Gasteiger partial charge in [-0.05, 0) is 67.8 Å². The Morgan fingerprint density at radius 3 is 2.32 bits per heavy atom. The molecule has 3 heterocycles. The number of fused-ring (bicyclic) bond motifs is 4. The van der Waals surface area contributed by atoms with Crippen LogP contribution in [0.25, 0.3) is 16.7 Å². The number of hydrogen-bond donors (Lipinski definition) is 1. The van der Waals surface area contributed by atoms with Gasteiger partial charge in [-0.1, -0.05) is 12.1 Å². The number of anilines is 1. The fourth-order valence-corrected chi connectivity index (χ4v) is 7.43. The summed E-state index contributed by atoms with van der Waals surface area (Å²) in [6.07, 6.45) is 3.96. The highest BCUT2D eigenvalue weighted by molar-refractivity contribution is 7.86. The lowest BCUT2D eigenvalue weighted by atomic mass is 9.83. The zero-order chi connectivity index (χ0) is 34.4. The summed E-state index contributed by atoms with van der Waals surface area (Å²) in [6.45, 7) is 10.1. The van der Waals surface area contributed by atoms with Crippen LogP contribution in [0.1, 0.15) is 77.6 Å². The highest BCUT2D eigenvalue weighted by Crippen LogP contribution is 2.46. The number of carboxylic acids is 1. The molecule has 0 aromatic heterocycles. The molecule has 3 aromatic carbocycles. The fourth-order valence-electron chi connectivity index (χ4n) is 6.80. The number of methoxy groups -OCH3 is 1. The van der Waals surface area contributed by atoms with Crippen LogP contribution in [0.3, 0.4) is 0 Å². The van der Waals surface area contributed by atoms with Gasteiger partial charge in [0, 0.05) is 60.1 Å². The average Bonchev–Trinajstić information content (AvgIpc) is 2.98. The molecule has 3 aliphatic rings. The lowest BCUT2D eigenvalue weighted by Gasteiger charge is -2.41. The van der Waals surface area contributed by atoms with Gasteiger partial charge in [0.1, 0.15) is 24.3 Å². The van der Waals surface area contributed by atoms with Gasteiger partial charge in [0.15, 0.2) is 5.54 Å². The minimum atomic E-state index is -4.40. The van der Waals surface area contributed by atoms with Crippen molar-refractivity contribution in [1.29, 1.82) is 0 Å². The van der Waals surface area contributed by atoms with Gasteiger partial charge in [0.05, 0.1) is 35.8 Å². The molecular weight excluding hydrogens is 620 g/mol. The first-order chi connectivity index (χ1) is 21.8. The number of likely N-dealkylation sites (N-methyl/N-ethyl adjacent to an activating group) is 2. The van der Waals surface area contributed by atoms with Crippen molar-refractivity contribution < 1.29 is 37.1 Å². The summed E-state index contributed by atoms with van der Waals surface area (Å²) in [5.74, 6) is -1.88. The Morgan fingerprint density at radius 2 is 1.68 bits per heavy atom. The number of esters is 1. The number of carbonyl (C=O) groups excluding carboxylic acids is 2. The molecule has 0 saturated carbocycles. The maximum Gasteiger partial charge on any atom is 0.337 e. The van der Waals surface area contributed by atoms with Crippen LogP contribution in [-0.4, -0.2) is 62.9 Å². The number of allylic oxidation sites excluding steroid dienone is 1. The highest BCUT2D eigenvalue weighted by Gasteiger charge is 2.36. The van der Waals surface area contributed by atoms with Gasteiger partial charge in [-0.25, -0.2) is 9.37 Å². The largest absolute Gasteiger partial charge is 0.545 e. The summed E-state index contributed by atoms with van der Waals surface area (Å²) in [5, 5.41) is 13.9. The van der Waals surface area contributed by atoms with Crippen molar-refractivity contribution in [3.8, 4) is 11.5 Å². The SMILES string of the molecule is COC(=O)c1ccc(C2=c3cc4c(cc3Oc3cc5c(cc32)C(C)=CC(C)(C)N5C)=[N+](C)C(C)(C)C=C4CS(=O)(=O)O)c(C(=O)[O-])c1. The summed E-state index contributed by atoms with van der Waals surface area (Å²) in [7, 11) is 0.704. The minimum absolute atomic E-state index is 0.0456. The van der Waals surface area contributed by atoms with Crippen LogP contribution in [0.15, 0.2) is 54.6 Å². The van der Waals surface area contributed by atoms with Crippen molar-refractivity contribution in [1.82, 2.24) is 4.58 Å². The van der Waals surface area contributed by atoms with E-state index in [2.05, 4.69) is 24.8 Å². The van der Waals surface area contributed by atoms with Crippen LogP contribution in [0.4, 0.5) is 5.69 Å². The van der Waals surface area contributed by atoms with E-state index >= 15 is 0 Å². The van der Waals surface area contributed by atoms with E-state index in [1.165, 1.54) is 19.2 Å². The Labute approximate surface area is 273 Å². The van der Waals surface area contributed by atoms with Crippen molar-refractivity contribution in [3.05, 3.63) is 98.6 Å². The molecule has 0 saturated heterocycles. The Bertz CT molecular complexity index is 2240. The van der Waals surface area contributed by atoms with E-state index in [1.807, 2.05) is 57.6 Å². The molecule has 0 radical (unpaired) electrons. The molecule has 6 rings (SSSR count). The zero-order valence-corrected chi connectivity index (χ0v) is 28.3. The third-order valence-electron chi connectivity index (χ3n) is 9.54. The number of hydrogen-bond acceptors (Lipinski definition) is 8. The summed E-state index contributed by atoms with van der Waals surface area (Å²) < 4.78 is 47.7. The molecule has 244 valence electrons. The molecule has 1 N–H and O–H groups in total. The van der Waals surface area contributed by atoms with Crippen LogP contribution < -0.4 is 29.9 Å². The summed E-state index contributed by atoms with van der Waals surface area (Å²) in [6, 6.07) is 11.8. The molecule has 0 amide bonds. The number of rotatable bonds is 5. The summed E-state index contributed by atoms with van der Waals surface area (Å²) in [5.41, 5.74) is 4.16. The van der Waals surface area contributed by atoms with Crippen molar-refractivity contribution in [2.45, 2.75) is 45.7 Å². The molecule has 47 heavy (non-hydrogen) atoms. The Balaban J connectivity index is 1.77. The van der Waals surface area contributed by atoms with Crippen molar-refractivity contribution in [3.63, 3.8) is 0 Å². The van der Waals surface area contributed by atoms with Gasteiger partial charge in [-0.2, -0.15) is 8.42 Å². The first-order valence-electron chi connectivity index (χ1n) is 15.0. The molecule has 3 aliphatic heterocycles. The van der Waals surface area contributed by atoms with E-state index in [1.54, 1.807) is 18.2 Å². The van der Waals surface area contributed by atoms with E-state index in [-0.39, 0.29) is 22.2 Å². The Hall–Kier alpha value is -4.74. The van der Waals surface area contributed by atoms with E-state index in [0.29, 0.717) is 44.3 Å². The van der Waals surface area contributed by atoms with Gasteiger partial charge in [0.25, 0.3) is 10.1 Å². The molecule has 10 nitrogen and oxygen atoms in total. The molecule has 0 unspecified atom stereocenters. The number of nitrogens with zero attached hydrogens (tertiary/aromatic N) is 2. The Kier molecular flexibility index (Phi) is 7.30. The second-order valence-corrected chi connectivity index (χ2v) is 14.8. The van der Waals surface area contributed by atoms with E-state index in [0.717, 1.165) is 16.8 Å². The molecule has 0 aliphatic carbocycles. The second kappa shape index (κ2) is 10.6. The Morgan fingerprint density at radius 1 is 0.979 bits per heavy atom. The van der Waals surface area contributed by atoms with Crippen LogP contribution in [0, 0.1) is 0 Å². The molecular formula is C36H36N2O8S. The molecule has 3 aromatic rings. The number of ether oxygens (including phenoxy) is 2. The smallest absolute Gasteiger partial charge is 0.337 e. The molecule has 0 atom stereocenters. The van der Waals surface area contributed by atoms with Crippen LogP contribution in [0.2, 0.25) is 0 Å². The van der Waals surface area contributed by atoms with Crippen molar-refractivity contribution in [2.75, 3.05) is 31.9 Å². The third kappa shape index (κ3) is 5.33.